The average Bonchev–Trinajstić information content (AvgIpc) is 2.65. The van der Waals surface area contributed by atoms with E-state index in [1.807, 2.05) is 4.90 Å². The lowest BCUT2D eigenvalue weighted by Gasteiger charge is -2.16. The molecule has 0 spiro atoms. The molecule has 0 amide bonds. The number of pyridine rings is 1. The monoisotopic (exact) mass is 191 g/mol. The lowest BCUT2D eigenvalue weighted by Crippen LogP contribution is -2.22. The first-order valence-electron chi connectivity index (χ1n) is 4.55. The van der Waals surface area contributed by atoms with Gasteiger partial charge in [0.2, 0.25) is 0 Å². The summed E-state index contributed by atoms with van der Waals surface area (Å²) in [5, 5.41) is 8.83. The van der Waals surface area contributed by atoms with Crippen LogP contribution < -0.4 is 4.90 Å². The Bertz CT molecular complexity index is 372. The molecule has 1 aromatic rings. The van der Waals surface area contributed by atoms with Gasteiger partial charge in [0.15, 0.2) is 0 Å². The molecule has 1 aliphatic rings. The Balaban J connectivity index is 2.28. The minimum absolute atomic E-state index is 0.353. The molecule has 0 radical (unpaired) electrons. The second-order valence-corrected chi connectivity index (χ2v) is 3.32. The quantitative estimate of drug-likeness (QED) is 0.675. The Morgan fingerprint density at radius 3 is 3.14 bits per heavy atom. The number of rotatable bonds is 1. The van der Waals surface area contributed by atoms with E-state index in [0.29, 0.717) is 30.9 Å². The molecule has 0 aliphatic carbocycles. The number of nitrogens with zero attached hydrogens (tertiary/aromatic N) is 3. The summed E-state index contributed by atoms with van der Waals surface area (Å²) in [6.45, 7) is 0.999. The van der Waals surface area contributed by atoms with Crippen LogP contribution in [0.4, 0.5) is 10.2 Å². The van der Waals surface area contributed by atoms with E-state index in [2.05, 4.69) is 11.1 Å². The number of hydrogen-bond acceptors (Lipinski definition) is 3. The summed E-state index contributed by atoms with van der Waals surface area (Å²) < 4.78 is 12.9. The lowest BCUT2D eigenvalue weighted by molar-refractivity contribution is 0.364. The number of hydrogen-bond donors (Lipinski definition) is 0. The van der Waals surface area contributed by atoms with Crippen molar-refractivity contribution in [2.24, 2.45) is 0 Å². The van der Waals surface area contributed by atoms with Crippen LogP contribution in [-0.2, 0) is 0 Å². The van der Waals surface area contributed by atoms with Crippen molar-refractivity contribution in [2.75, 3.05) is 18.0 Å². The first-order valence-corrected chi connectivity index (χ1v) is 4.55. The first-order chi connectivity index (χ1) is 6.81. The van der Waals surface area contributed by atoms with Crippen LogP contribution in [0.15, 0.2) is 18.3 Å². The molecular formula is C10H10FN3. The highest BCUT2D eigenvalue weighted by Gasteiger charge is 2.24. The molecule has 0 bridgehead atoms. The van der Waals surface area contributed by atoms with Gasteiger partial charge in [0, 0.05) is 12.7 Å². The maximum Gasteiger partial charge on any atom is 0.146 e. The Kier molecular flexibility index (Phi) is 2.32. The molecule has 1 aromatic heterocycles. The fourth-order valence-electron chi connectivity index (χ4n) is 1.65. The largest absolute Gasteiger partial charge is 0.353 e. The minimum Gasteiger partial charge on any atom is -0.353 e. The molecule has 0 N–H and O–H groups in total. The molecule has 1 fully saturated rings. The van der Waals surface area contributed by atoms with Crippen LogP contribution in [0, 0.1) is 11.3 Å². The number of nitriles is 1. The smallest absolute Gasteiger partial charge is 0.146 e. The van der Waals surface area contributed by atoms with E-state index in [0.717, 1.165) is 0 Å². The van der Waals surface area contributed by atoms with E-state index >= 15 is 0 Å². The van der Waals surface area contributed by atoms with Gasteiger partial charge in [0.05, 0.1) is 12.1 Å². The summed E-state index contributed by atoms with van der Waals surface area (Å²) in [6, 6.07) is 5.48. The van der Waals surface area contributed by atoms with Crippen molar-refractivity contribution in [1.82, 2.24) is 4.98 Å². The Labute approximate surface area is 81.8 Å². The van der Waals surface area contributed by atoms with Gasteiger partial charge in [-0.3, -0.25) is 0 Å². The molecule has 1 atom stereocenters. The third-order valence-electron chi connectivity index (χ3n) is 2.34. The van der Waals surface area contributed by atoms with Crippen molar-refractivity contribution in [3.8, 4) is 6.07 Å². The van der Waals surface area contributed by atoms with E-state index in [1.165, 1.54) is 0 Å². The third kappa shape index (κ3) is 1.53. The van der Waals surface area contributed by atoms with Crippen LogP contribution in [0.2, 0.25) is 0 Å². The third-order valence-corrected chi connectivity index (χ3v) is 2.34. The molecule has 2 rings (SSSR count). The average molecular weight is 191 g/mol. The lowest BCUT2D eigenvalue weighted by atomic mass is 10.2. The molecule has 4 heteroatoms. The van der Waals surface area contributed by atoms with E-state index in [4.69, 9.17) is 5.26 Å². The highest BCUT2D eigenvalue weighted by molar-refractivity contribution is 5.54. The van der Waals surface area contributed by atoms with E-state index in [9.17, 15) is 4.39 Å². The van der Waals surface area contributed by atoms with Gasteiger partial charge in [-0.2, -0.15) is 5.26 Å². The fraction of sp³-hybridized carbons (Fsp3) is 0.400. The summed E-state index contributed by atoms with van der Waals surface area (Å²) in [5.41, 5.74) is 0.515. The molecule has 2 heterocycles. The summed E-state index contributed by atoms with van der Waals surface area (Å²) in [5.74, 6) is 0.607. The van der Waals surface area contributed by atoms with Crippen molar-refractivity contribution < 1.29 is 4.39 Å². The maximum atomic E-state index is 12.9. The molecule has 1 aliphatic heterocycles. The zero-order valence-corrected chi connectivity index (χ0v) is 7.65. The minimum atomic E-state index is -0.788. The molecule has 0 aromatic carbocycles. The van der Waals surface area contributed by atoms with Gasteiger partial charge >= 0.3 is 0 Å². The van der Waals surface area contributed by atoms with Crippen molar-refractivity contribution in [2.45, 2.75) is 12.6 Å². The van der Waals surface area contributed by atoms with Crippen LogP contribution in [0.3, 0.4) is 0 Å². The highest BCUT2D eigenvalue weighted by Crippen LogP contribution is 2.22. The summed E-state index contributed by atoms with van der Waals surface area (Å²) in [7, 11) is 0. The van der Waals surface area contributed by atoms with Gasteiger partial charge in [0.25, 0.3) is 0 Å². The van der Waals surface area contributed by atoms with E-state index < -0.39 is 6.17 Å². The summed E-state index contributed by atoms with van der Waals surface area (Å²) in [4.78, 5) is 5.93. The molecule has 72 valence electrons. The predicted molar refractivity (Wildman–Crippen MR) is 50.7 cm³/mol. The van der Waals surface area contributed by atoms with Crippen LogP contribution >= 0.6 is 0 Å². The molecule has 0 unspecified atom stereocenters. The number of alkyl halides is 1. The van der Waals surface area contributed by atoms with Gasteiger partial charge in [0.1, 0.15) is 18.1 Å². The number of halogens is 1. The highest BCUT2D eigenvalue weighted by atomic mass is 19.1. The Morgan fingerprint density at radius 1 is 1.64 bits per heavy atom. The topological polar surface area (TPSA) is 39.9 Å². The SMILES string of the molecule is N#Cc1cccnc1N1CC[C@H](F)C1. The zero-order chi connectivity index (χ0) is 9.97. The van der Waals surface area contributed by atoms with E-state index in [-0.39, 0.29) is 0 Å². The second-order valence-electron chi connectivity index (χ2n) is 3.32. The van der Waals surface area contributed by atoms with Crippen LogP contribution in [0.5, 0.6) is 0 Å². The number of anilines is 1. The zero-order valence-electron chi connectivity index (χ0n) is 7.65. The molecule has 14 heavy (non-hydrogen) atoms. The maximum absolute atomic E-state index is 12.9. The standard InChI is InChI=1S/C10H10FN3/c11-9-3-5-14(7-9)10-8(6-12)2-1-4-13-10/h1-2,4,9H,3,5,7H2/t9-/m0/s1. The van der Waals surface area contributed by atoms with Gasteiger partial charge in [-0.1, -0.05) is 0 Å². The molecule has 1 saturated heterocycles. The Hall–Kier alpha value is -1.63. The van der Waals surface area contributed by atoms with Crippen LogP contribution in [-0.4, -0.2) is 24.2 Å². The normalized spacial score (nSPS) is 20.9. The Morgan fingerprint density at radius 2 is 2.50 bits per heavy atom. The molecule has 3 nitrogen and oxygen atoms in total. The second kappa shape index (κ2) is 3.62. The summed E-state index contributed by atoms with van der Waals surface area (Å²) in [6.07, 6.45) is 1.37. The number of aromatic nitrogens is 1. The van der Waals surface area contributed by atoms with Gasteiger partial charge < -0.3 is 4.90 Å². The van der Waals surface area contributed by atoms with Crippen molar-refractivity contribution in [1.29, 1.82) is 5.26 Å². The molecule has 0 saturated carbocycles. The van der Waals surface area contributed by atoms with Crippen molar-refractivity contribution in [3.05, 3.63) is 23.9 Å². The van der Waals surface area contributed by atoms with Crippen molar-refractivity contribution >= 4 is 5.82 Å². The van der Waals surface area contributed by atoms with Crippen LogP contribution in [0.1, 0.15) is 12.0 Å². The van der Waals surface area contributed by atoms with Crippen molar-refractivity contribution in [3.63, 3.8) is 0 Å². The van der Waals surface area contributed by atoms with Gasteiger partial charge in [-0.25, -0.2) is 9.37 Å². The molecular weight excluding hydrogens is 181 g/mol. The predicted octanol–water partition coefficient (Wildman–Crippen LogP) is 1.50. The van der Waals surface area contributed by atoms with E-state index in [1.54, 1.807) is 18.3 Å². The summed E-state index contributed by atoms with van der Waals surface area (Å²) >= 11 is 0. The first kappa shape index (κ1) is 8.95. The fourth-order valence-corrected chi connectivity index (χ4v) is 1.65. The van der Waals surface area contributed by atoms with Gasteiger partial charge in [-0.05, 0) is 18.6 Å². The van der Waals surface area contributed by atoms with Gasteiger partial charge in [-0.15, -0.1) is 0 Å². The van der Waals surface area contributed by atoms with Crippen LogP contribution in [0.25, 0.3) is 0 Å².